The van der Waals surface area contributed by atoms with Gasteiger partial charge in [0, 0.05) is 17.1 Å². The van der Waals surface area contributed by atoms with Crippen LogP contribution >= 0.6 is 23.4 Å². The van der Waals surface area contributed by atoms with E-state index in [9.17, 15) is 9.59 Å². The van der Waals surface area contributed by atoms with E-state index in [-0.39, 0.29) is 11.8 Å². The van der Waals surface area contributed by atoms with E-state index in [1.54, 1.807) is 17.0 Å². The van der Waals surface area contributed by atoms with Crippen molar-refractivity contribution in [2.45, 2.75) is 24.3 Å². The fraction of sp³-hybridized carbons (Fsp3) is 0.263. The second kappa shape index (κ2) is 7.50. The van der Waals surface area contributed by atoms with Crippen LogP contribution in [-0.4, -0.2) is 30.7 Å². The number of anilines is 1. The molecule has 1 N–H and O–H groups in total. The molecular weight excluding hydrogens is 356 g/mol. The maximum Gasteiger partial charge on any atom is 0.253 e. The molecule has 1 heterocycles. The fourth-order valence-electron chi connectivity index (χ4n) is 2.84. The Morgan fingerprint density at radius 3 is 2.64 bits per heavy atom. The van der Waals surface area contributed by atoms with Gasteiger partial charge in [0.2, 0.25) is 5.91 Å². The van der Waals surface area contributed by atoms with Crippen LogP contribution in [0.5, 0.6) is 0 Å². The molecule has 2 amide bonds. The average Bonchev–Trinajstić information content (AvgIpc) is 2.96. The molecule has 2 aromatic rings. The van der Waals surface area contributed by atoms with Gasteiger partial charge in [-0.25, -0.2) is 0 Å². The van der Waals surface area contributed by atoms with Crippen LogP contribution in [0.3, 0.4) is 0 Å². The number of nitrogens with zero attached hydrogens (tertiary/aromatic N) is 1. The van der Waals surface area contributed by atoms with Gasteiger partial charge in [0.15, 0.2) is 0 Å². The molecule has 0 spiro atoms. The zero-order valence-electron chi connectivity index (χ0n) is 14.1. The van der Waals surface area contributed by atoms with Gasteiger partial charge in [-0.3, -0.25) is 9.59 Å². The van der Waals surface area contributed by atoms with Crippen LogP contribution in [0.4, 0.5) is 5.69 Å². The number of thioether (sulfide) groups is 1. The molecule has 1 saturated heterocycles. The second-order valence-corrected chi connectivity index (χ2v) is 7.27. The van der Waals surface area contributed by atoms with E-state index in [1.807, 2.05) is 43.5 Å². The predicted octanol–water partition coefficient (Wildman–Crippen LogP) is 3.91. The maximum absolute atomic E-state index is 12.6. The van der Waals surface area contributed by atoms with E-state index in [0.717, 1.165) is 16.1 Å². The van der Waals surface area contributed by atoms with Gasteiger partial charge in [0.25, 0.3) is 5.91 Å². The van der Waals surface area contributed by atoms with Crippen LogP contribution in [0.15, 0.2) is 47.4 Å². The molecule has 0 radical (unpaired) electrons. The first kappa shape index (κ1) is 17.8. The summed E-state index contributed by atoms with van der Waals surface area (Å²) in [5.41, 5.74) is 2.40. The molecule has 1 aliphatic heterocycles. The molecule has 0 saturated carbocycles. The van der Waals surface area contributed by atoms with E-state index >= 15 is 0 Å². The summed E-state index contributed by atoms with van der Waals surface area (Å²) < 4.78 is 0. The quantitative estimate of drug-likeness (QED) is 0.825. The third-order valence-corrected chi connectivity index (χ3v) is 5.33. The Morgan fingerprint density at radius 2 is 1.96 bits per heavy atom. The summed E-state index contributed by atoms with van der Waals surface area (Å²) in [4.78, 5) is 27.9. The van der Waals surface area contributed by atoms with Gasteiger partial charge in [-0.1, -0.05) is 29.3 Å². The Hall–Kier alpha value is -1.98. The summed E-state index contributed by atoms with van der Waals surface area (Å²) in [6.07, 6.45) is 2.52. The van der Waals surface area contributed by atoms with Crippen LogP contribution in [0, 0.1) is 6.92 Å². The minimum absolute atomic E-state index is 0.0886. The molecule has 0 unspecified atom stereocenters. The van der Waals surface area contributed by atoms with Crippen molar-refractivity contribution in [1.29, 1.82) is 0 Å². The highest BCUT2D eigenvalue weighted by atomic mass is 35.5. The van der Waals surface area contributed by atoms with Gasteiger partial charge >= 0.3 is 0 Å². The Morgan fingerprint density at radius 1 is 1.24 bits per heavy atom. The Balaban J connectivity index is 1.72. The highest BCUT2D eigenvalue weighted by Crippen LogP contribution is 2.25. The monoisotopic (exact) mass is 374 g/mol. The van der Waals surface area contributed by atoms with Crippen LogP contribution in [0.25, 0.3) is 0 Å². The van der Waals surface area contributed by atoms with Gasteiger partial charge in [-0.2, -0.15) is 0 Å². The summed E-state index contributed by atoms with van der Waals surface area (Å²) in [6, 6.07) is 12.6. The summed E-state index contributed by atoms with van der Waals surface area (Å²) in [5, 5.41) is 3.21. The van der Waals surface area contributed by atoms with E-state index in [4.69, 9.17) is 11.6 Å². The van der Waals surface area contributed by atoms with Crippen molar-refractivity contribution in [3.8, 4) is 0 Å². The molecule has 0 aromatic heterocycles. The zero-order chi connectivity index (χ0) is 18.0. The molecular formula is C19H19ClN2O2S. The lowest BCUT2D eigenvalue weighted by Gasteiger charge is -2.17. The highest BCUT2D eigenvalue weighted by molar-refractivity contribution is 7.98. The number of aryl methyl sites for hydroxylation is 1. The number of carbonyl (C=O) groups is 2. The summed E-state index contributed by atoms with van der Waals surface area (Å²) in [7, 11) is 0. The molecule has 3 rings (SSSR count). The smallest absolute Gasteiger partial charge is 0.253 e. The van der Waals surface area contributed by atoms with Crippen molar-refractivity contribution in [1.82, 2.24) is 5.32 Å². The molecule has 1 aliphatic rings. The topological polar surface area (TPSA) is 49.4 Å². The molecule has 4 nitrogen and oxygen atoms in total. The number of amides is 2. The van der Waals surface area contributed by atoms with E-state index in [0.29, 0.717) is 23.6 Å². The molecule has 130 valence electrons. The molecule has 0 aliphatic carbocycles. The first-order valence-electron chi connectivity index (χ1n) is 8.02. The lowest BCUT2D eigenvalue weighted by molar-refractivity contribution is -0.118. The molecule has 0 bridgehead atoms. The van der Waals surface area contributed by atoms with Crippen LogP contribution in [-0.2, 0) is 4.79 Å². The number of carbonyl (C=O) groups excluding carboxylic acids is 2. The SMILES string of the molecule is CSc1ccc(Cl)c(C(=O)N[C@H]2CCN(c3ccc(C)cc3)C2=O)c1. The van der Waals surface area contributed by atoms with Crippen LogP contribution < -0.4 is 10.2 Å². The van der Waals surface area contributed by atoms with Gasteiger partial charge in [-0.05, 0) is 49.9 Å². The van der Waals surface area contributed by atoms with E-state index in [2.05, 4.69) is 5.32 Å². The third-order valence-electron chi connectivity index (χ3n) is 4.27. The number of hydrogen-bond donors (Lipinski definition) is 1. The van der Waals surface area contributed by atoms with Crippen molar-refractivity contribution in [2.24, 2.45) is 0 Å². The molecule has 25 heavy (non-hydrogen) atoms. The molecule has 2 aromatic carbocycles. The van der Waals surface area contributed by atoms with Gasteiger partial charge in [0.05, 0.1) is 10.6 Å². The number of rotatable bonds is 4. The third kappa shape index (κ3) is 3.83. The highest BCUT2D eigenvalue weighted by Gasteiger charge is 2.34. The number of hydrogen-bond acceptors (Lipinski definition) is 3. The zero-order valence-corrected chi connectivity index (χ0v) is 15.7. The van der Waals surface area contributed by atoms with Crippen molar-refractivity contribution in [3.63, 3.8) is 0 Å². The van der Waals surface area contributed by atoms with Crippen LogP contribution in [0.1, 0.15) is 22.3 Å². The molecule has 1 fully saturated rings. The summed E-state index contributed by atoms with van der Waals surface area (Å²) >= 11 is 7.68. The molecule has 6 heteroatoms. The van der Waals surface area contributed by atoms with Gasteiger partial charge < -0.3 is 10.2 Å². The lowest BCUT2D eigenvalue weighted by Crippen LogP contribution is -2.41. The number of benzene rings is 2. The van der Waals surface area contributed by atoms with Gasteiger partial charge in [0.1, 0.15) is 6.04 Å². The first-order chi connectivity index (χ1) is 12.0. The van der Waals surface area contributed by atoms with Crippen molar-refractivity contribution >= 4 is 40.9 Å². The number of halogens is 1. The average molecular weight is 375 g/mol. The second-order valence-electron chi connectivity index (χ2n) is 5.99. The summed E-state index contributed by atoms with van der Waals surface area (Å²) in [6.45, 7) is 2.59. The first-order valence-corrected chi connectivity index (χ1v) is 9.62. The minimum atomic E-state index is -0.525. The standard InChI is InChI=1S/C19H19ClN2O2S/c1-12-3-5-13(6-4-12)22-10-9-17(19(22)24)21-18(23)15-11-14(25-2)7-8-16(15)20/h3-8,11,17H,9-10H2,1-2H3,(H,21,23)/t17-/m0/s1. The largest absolute Gasteiger partial charge is 0.340 e. The van der Waals surface area contributed by atoms with Crippen molar-refractivity contribution in [2.75, 3.05) is 17.7 Å². The summed E-state index contributed by atoms with van der Waals surface area (Å²) in [5.74, 6) is -0.403. The van der Waals surface area contributed by atoms with Crippen molar-refractivity contribution < 1.29 is 9.59 Å². The Bertz CT molecular complexity index is 808. The fourth-order valence-corrected chi connectivity index (χ4v) is 3.48. The minimum Gasteiger partial charge on any atom is -0.340 e. The van der Waals surface area contributed by atoms with E-state index < -0.39 is 6.04 Å². The normalized spacial score (nSPS) is 17.0. The Labute approximate surface area is 156 Å². The van der Waals surface area contributed by atoms with E-state index in [1.165, 1.54) is 11.8 Å². The molecule has 1 atom stereocenters. The van der Waals surface area contributed by atoms with Gasteiger partial charge in [-0.15, -0.1) is 11.8 Å². The number of nitrogens with one attached hydrogen (secondary N) is 1. The van der Waals surface area contributed by atoms with Crippen LogP contribution in [0.2, 0.25) is 5.02 Å². The Kier molecular flexibility index (Phi) is 5.35. The maximum atomic E-state index is 12.6. The predicted molar refractivity (Wildman–Crippen MR) is 103 cm³/mol. The van der Waals surface area contributed by atoms with Crippen molar-refractivity contribution in [3.05, 3.63) is 58.6 Å². The lowest BCUT2D eigenvalue weighted by atomic mass is 10.1.